The van der Waals surface area contributed by atoms with E-state index in [1.807, 2.05) is 0 Å². The average molecular weight is 280 g/mol. The summed E-state index contributed by atoms with van der Waals surface area (Å²) in [4.78, 5) is 19.6. The van der Waals surface area contributed by atoms with Crippen molar-refractivity contribution < 1.29 is 18.0 Å². The van der Waals surface area contributed by atoms with Crippen LogP contribution in [-0.4, -0.2) is 15.8 Å². The van der Waals surface area contributed by atoms with Crippen LogP contribution in [0.1, 0.15) is 27.3 Å². The summed E-state index contributed by atoms with van der Waals surface area (Å²) in [6, 6.07) is 4.69. The van der Waals surface area contributed by atoms with E-state index in [4.69, 9.17) is 0 Å². The minimum atomic E-state index is -4.42. The Morgan fingerprint density at radius 3 is 2.45 bits per heavy atom. The van der Waals surface area contributed by atoms with Crippen LogP contribution in [0.4, 0.5) is 13.2 Å². The molecule has 1 heterocycles. The molecule has 0 aliphatic heterocycles. The number of benzene rings is 1. The molecule has 3 nitrogen and oxygen atoms in total. The maximum absolute atomic E-state index is 12.6. The minimum absolute atomic E-state index is 0.00742. The molecule has 0 saturated heterocycles. The summed E-state index contributed by atoms with van der Waals surface area (Å²) in [5, 5.41) is 0. The van der Waals surface area contributed by atoms with E-state index in [0.29, 0.717) is 0 Å². The average Bonchev–Trinajstić information content (AvgIpc) is 2.38. The van der Waals surface area contributed by atoms with E-state index in [0.717, 1.165) is 17.7 Å². The molecule has 1 aromatic carbocycles. The van der Waals surface area contributed by atoms with Crippen molar-refractivity contribution in [3.8, 4) is 0 Å². The quantitative estimate of drug-likeness (QED) is 0.811. The molecule has 0 amide bonds. The SMILES string of the molecule is Cc1cnc(C(=O)Cc2cccc(C(F)(F)F)c2)nc1. The van der Waals surface area contributed by atoms with E-state index in [2.05, 4.69) is 9.97 Å². The van der Waals surface area contributed by atoms with Crippen LogP contribution in [0.2, 0.25) is 0 Å². The third-order valence-corrected chi connectivity index (χ3v) is 2.65. The number of aromatic nitrogens is 2. The van der Waals surface area contributed by atoms with E-state index in [-0.39, 0.29) is 17.8 Å². The van der Waals surface area contributed by atoms with Crippen molar-refractivity contribution in [1.29, 1.82) is 0 Å². The molecule has 0 aliphatic carbocycles. The Bertz CT molecular complexity index is 621. The highest BCUT2D eigenvalue weighted by Gasteiger charge is 2.30. The smallest absolute Gasteiger partial charge is 0.290 e. The molecule has 0 saturated carbocycles. The van der Waals surface area contributed by atoms with E-state index < -0.39 is 17.5 Å². The zero-order chi connectivity index (χ0) is 14.8. The van der Waals surface area contributed by atoms with Gasteiger partial charge in [0, 0.05) is 18.8 Å². The lowest BCUT2D eigenvalue weighted by atomic mass is 10.1. The van der Waals surface area contributed by atoms with E-state index >= 15 is 0 Å². The van der Waals surface area contributed by atoms with Gasteiger partial charge in [-0.05, 0) is 24.1 Å². The molecule has 104 valence electrons. The van der Waals surface area contributed by atoms with Crippen LogP contribution in [0.3, 0.4) is 0 Å². The van der Waals surface area contributed by atoms with Crippen LogP contribution < -0.4 is 0 Å². The molecule has 6 heteroatoms. The zero-order valence-corrected chi connectivity index (χ0v) is 10.6. The maximum Gasteiger partial charge on any atom is 0.416 e. The second-order valence-corrected chi connectivity index (χ2v) is 4.38. The van der Waals surface area contributed by atoms with Crippen LogP contribution in [0.25, 0.3) is 0 Å². The second kappa shape index (κ2) is 5.40. The summed E-state index contributed by atoms with van der Waals surface area (Å²) in [6.45, 7) is 1.78. The van der Waals surface area contributed by atoms with Crippen LogP contribution in [0.15, 0.2) is 36.7 Å². The van der Waals surface area contributed by atoms with Gasteiger partial charge < -0.3 is 0 Å². The van der Waals surface area contributed by atoms with Crippen molar-refractivity contribution in [3.63, 3.8) is 0 Å². The Hall–Kier alpha value is -2.24. The van der Waals surface area contributed by atoms with Gasteiger partial charge in [-0.1, -0.05) is 18.2 Å². The molecule has 0 aliphatic rings. The largest absolute Gasteiger partial charge is 0.416 e. The van der Waals surface area contributed by atoms with Crippen molar-refractivity contribution in [1.82, 2.24) is 9.97 Å². The van der Waals surface area contributed by atoms with Gasteiger partial charge >= 0.3 is 6.18 Å². The van der Waals surface area contributed by atoms with Crippen molar-refractivity contribution in [3.05, 3.63) is 59.2 Å². The fourth-order valence-electron chi connectivity index (χ4n) is 1.66. The maximum atomic E-state index is 12.6. The van der Waals surface area contributed by atoms with Gasteiger partial charge in [-0.15, -0.1) is 0 Å². The topological polar surface area (TPSA) is 42.9 Å². The van der Waals surface area contributed by atoms with Gasteiger partial charge in [0.2, 0.25) is 5.78 Å². The van der Waals surface area contributed by atoms with Crippen LogP contribution in [0.5, 0.6) is 0 Å². The molecule has 0 N–H and O–H groups in total. The zero-order valence-electron chi connectivity index (χ0n) is 10.6. The summed E-state index contributed by atoms with van der Waals surface area (Å²) < 4.78 is 37.7. The lowest BCUT2D eigenvalue weighted by Crippen LogP contribution is -2.10. The van der Waals surface area contributed by atoms with Gasteiger partial charge in [-0.25, -0.2) is 9.97 Å². The molecular formula is C14H11F3N2O. The number of nitrogens with zero attached hydrogens (tertiary/aromatic N) is 2. The third-order valence-electron chi connectivity index (χ3n) is 2.65. The van der Waals surface area contributed by atoms with E-state index in [1.54, 1.807) is 6.92 Å². The van der Waals surface area contributed by atoms with Crippen LogP contribution in [0, 0.1) is 6.92 Å². The lowest BCUT2D eigenvalue weighted by molar-refractivity contribution is -0.137. The number of alkyl halides is 3. The van der Waals surface area contributed by atoms with Crippen LogP contribution in [-0.2, 0) is 12.6 Å². The number of halogens is 3. The number of hydrogen-bond acceptors (Lipinski definition) is 3. The molecule has 0 spiro atoms. The van der Waals surface area contributed by atoms with Gasteiger partial charge in [0.15, 0.2) is 5.82 Å². The molecular weight excluding hydrogens is 269 g/mol. The highest BCUT2D eigenvalue weighted by molar-refractivity contribution is 5.94. The number of ketones is 1. The molecule has 2 rings (SSSR count). The van der Waals surface area contributed by atoms with Crippen LogP contribution >= 0.6 is 0 Å². The molecule has 20 heavy (non-hydrogen) atoms. The Labute approximate surface area is 113 Å². The Morgan fingerprint density at radius 1 is 1.20 bits per heavy atom. The Kier molecular flexibility index (Phi) is 3.83. The normalized spacial score (nSPS) is 11.4. The van der Waals surface area contributed by atoms with Gasteiger partial charge in [-0.3, -0.25) is 4.79 Å². The molecule has 1 aromatic heterocycles. The predicted octanol–water partition coefficient (Wildman–Crippen LogP) is 3.23. The number of Topliss-reactive ketones (excluding diaryl/α,β-unsaturated/α-hetero) is 1. The first-order chi connectivity index (χ1) is 9.36. The van der Waals surface area contributed by atoms with Gasteiger partial charge in [-0.2, -0.15) is 13.2 Å². The lowest BCUT2D eigenvalue weighted by Gasteiger charge is -2.08. The Morgan fingerprint density at radius 2 is 1.85 bits per heavy atom. The molecule has 0 unspecified atom stereocenters. The van der Waals surface area contributed by atoms with E-state index in [1.165, 1.54) is 24.5 Å². The highest BCUT2D eigenvalue weighted by Crippen LogP contribution is 2.29. The molecule has 0 bridgehead atoms. The standard InChI is InChI=1S/C14H11F3N2O/c1-9-7-18-13(19-8-9)12(20)6-10-3-2-4-11(5-10)14(15,16)17/h2-5,7-8H,6H2,1H3. The number of hydrogen-bond donors (Lipinski definition) is 0. The molecule has 0 atom stereocenters. The van der Waals surface area contributed by atoms with Gasteiger partial charge in [0.05, 0.1) is 5.56 Å². The highest BCUT2D eigenvalue weighted by atomic mass is 19.4. The predicted molar refractivity (Wildman–Crippen MR) is 66.2 cm³/mol. The van der Waals surface area contributed by atoms with Gasteiger partial charge in [0.1, 0.15) is 0 Å². The molecule has 2 aromatic rings. The molecule has 0 fully saturated rings. The first kappa shape index (κ1) is 14.2. The van der Waals surface area contributed by atoms with Crippen molar-refractivity contribution in [2.45, 2.75) is 19.5 Å². The number of carbonyl (C=O) groups excluding carboxylic acids is 1. The fourth-order valence-corrected chi connectivity index (χ4v) is 1.66. The van der Waals surface area contributed by atoms with Crippen molar-refractivity contribution in [2.75, 3.05) is 0 Å². The number of aryl methyl sites for hydroxylation is 1. The van der Waals surface area contributed by atoms with E-state index in [9.17, 15) is 18.0 Å². The van der Waals surface area contributed by atoms with Crippen molar-refractivity contribution in [2.24, 2.45) is 0 Å². The van der Waals surface area contributed by atoms with Crippen molar-refractivity contribution >= 4 is 5.78 Å². The Balaban J connectivity index is 2.18. The summed E-state index contributed by atoms with van der Waals surface area (Å²) in [7, 11) is 0. The summed E-state index contributed by atoms with van der Waals surface area (Å²) in [6.07, 6.45) is -1.59. The second-order valence-electron chi connectivity index (χ2n) is 4.38. The summed E-state index contributed by atoms with van der Waals surface area (Å²) in [5.74, 6) is -0.405. The monoisotopic (exact) mass is 280 g/mol. The summed E-state index contributed by atoms with van der Waals surface area (Å²) in [5.41, 5.74) is 0.322. The summed E-state index contributed by atoms with van der Waals surface area (Å²) >= 11 is 0. The first-order valence-corrected chi connectivity index (χ1v) is 5.84. The fraction of sp³-hybridized carbons (Fsp3) is 0.214. The third kappa shape index (κ3) is 3.40. The van der Waals surface area contributed by atoms with Gasteiger partial charge in [0.25, 0.3) is 0 Å². The molecule has 0 radical (unpaired) electrons. The minimum Gasteiger partial charge on any atom is -0.290 e. The number of rotatable bonds is 3. The first-order valence-electron chi connectivity index (χ1n) is 5.84. The number of carbonyl (C=O) groups is 1.